The molecule has 2 atom stereocenters. The summed E-state index contributed by atoms with van der Waals surface area (Å²) in [5, 5.41) is 0. The van der Waals surface area contributed by atoms with E-state index in [1.807, 2.05) is 19.1 Å². The SMILES string of the molecule is COc1ncccc1-c1cccc2c1C[C@@]1(C2)N=C(N)O[C@@H]1C. The van der Waals surface area contributed by atoms with Gasteiger partial charge in [0.05, 0.1) is 7.11 Å². The van der Waals surface area contributed by atoms with Crippen molar-refractivity contribution in [2.24, 2.45) is 10.7 Å². The molecule has 118 valence electrons. The van der Waals surface area contributed by atoms with Crippen molar-refractivity contribution in [1.29, 1.82) is 0 Å². The number of hydrogen-bond donors (Lipinski definition) is 1. The van der Waals surface area contributed by atoms with Crippen LogP contribution in [-0.4, -0.2) is 29.8 Å². The number of fused-ring (bicyclic) bond motifs is 1. The number of nitrogens with zero attached hydrogens (tertiary/aromatic N) is 2. The summed E-state index contributed by atoms with van der Waals surface area (Å²) in [5.74, 6) is 0.639. The molecule has 5 heteroatoms. The molecule has 5 nitrogen and oxygen atoms in total. The van der Waals surface area contributed by atoms with Crippen molar-refractivity contribution in [1.82, 2.24) is 4.98 Å². The van der Waals surface area contributed by atoms with Crippen molar-refractivity contribution >= 4 is 6.02 Å². The van der Waals surface area contributed by atoms with Crippen LogP contribution in [0.15, 0.2) is 41.5 Å². The van der Waals surface area contributed by atoms with Gasteiger partial charge in [-0.3, -0.25) is 0 Å². The highest BCUT2D eigenvalue weighted by atomic mass is 16.5. The summed E-state index contributed by atoms with van der Waals surface area (Å²) in [7, 11) is 1.65. The first-order valence-electron chi connectivity index (χ1n) is 7.75. The van der Waals surface area contributed by atoms with Gasteiger partial charge in [0.15, 0.2) is 0 Å². The Morgan fingerprint density at radius 3 is 2.78 bits per heavy atom. The standard InChI is InChI=1S/C18H19N3O2/c1-11-18(21-17(19)23-11)9-12-5-3-6-13(15(12)10-18)14-7-4-8-20-16(14)22-2/h3-8,11H,9-10H2,1-2H3,(H2,19,21)/t11-,18-/m1/s1. The number of benzene rings is 1. The van der Waals surface area contributed by atoms with E-state index in [0.717, 1.165) is 24.0 Å². The molecule has 2 N–H and O–H groups in total. The molecule has 1 aliphatic carbocycles. The molecule has 23 heavy (non-hydrogen) atoms. The van der Waals surface area contributed by atoms with Gasteiger partial charge < -0.3 is 15.2 Å². The molecule has 2 aromatic rings. The van der Waals surface area contributed by atoms with E-state index >= 15 is 0 Å². The van der Waals surface area contributed by atoms with Crippen LogP contribution < -0.4 is 10.5 Å². The molecule has 1 aliphatic heterocycles. The van der Waals surface area contributed by atoms with Gasteiger partial charge >= 0.3 is 0 Å². The van der Waals surface area contributed by atoms with Crippen molar-refractivity contribution in [2.75, 3.05) is 7.11 Å². The van der Waals surface area contributed by atoms with Crippen molar-refractivity contribution in [2.45, 2.75) is 31.4 Å². The third-order valence-electron chi connectivity index (χ3n) is 4.89. The highest BCUT2D eigenvalue weighted by Gasteiger charge is 2.48. The molecule has 0 radical (unpaired) electrons. The topological polar surface area (TPSA) is 69.7 Å². The smallest absolute Gasteiger partial charge is 0.282 e. The fraction of sp³-hybridized carbons (Fsp3) is 0.333. The van der Waals surface area contributed by atoms with Crippen LogP contribution in [0.2, 0.25) is 0 Å². The number of amidine groups is 1. The van der Waals surface area contributed by atoms with Crippen LogP contribution >= 0.6 is 0 Å². The summed E-state index contributed by atoms with van der Waals surface area (Å²) in [6.07, 6.45) is 3.39. The summed E-state index contributed by atoms with van der Waals surface area (Å²) in [5.41, 5.74) is 10.3. The maximum absolute atomic E-state index is 5.81. The van der Waals surface area contributed by atoms with E-state index in [0.29, 0.717) is 11.9 Å². The normalized spacial score (nSPS) is 25.1. The molecule has 0 saturated heterocycles. The van der Waals surface area contributed by atoms with Gasteiger partial charge in [-0.1, -0.05) is 18.2 Å². The summed E-state index contributed by atoms with van der Waals surface area (Å²) >= 11 is 0. The Morgan fingerprint density at radius 1 is 1.22 bits per heavy atom. The van der Waals surface area contributed by atoms with Gasteiger partial charge in [0, 0.05) is 24.6 Å². The van der Waals surface area contributed by atoms with E-state index in [9.17, 15) is 0 Å². The maximum Gasteiger partial charge on any atom is 0.282 e. The fourth-order valence-electron chi connectivity index (χ4n) is 3.71. The zero-order valence-electron chi connectivity index (χ0n) is 13.2. The molecule has 1 aromatic carbocycles. The van der Waals surface area contributed by atoms with Crippen LogP contribution in [0.25, 0.3) is 11.1 Å². The van der Waals surface area contributed by atoms with Crippen LogP contribution in [0, 0.1) is 0 Å². The predicted molar refractivity (Wildman–Crippen MR) is 88.5 cm³/mol. The number of methoxy groups -OCH3 is 1. The number of pyridine rings is 1. The van der Waals surface area contributed by atoms with Crippen molar-refractivity contribution in [3.63, 3.8) is 0 Å². The molecular formula is C18H19N3O2. The van der Waals surface area contributed by atoms with Gasteiger partial charge in [-0.2, -0.15) is 0 Å². The summed E-state index contributed by atoms with van der Waals surface area (Å²) in [6, 6.07) is 10.6. The average Bonchev–Trinajstić information content (AvgIpc) is 3.06. The lowest BCUT2D eigenvalue weighted by molar-refractivity contribution is 0.157. The molecule has 0 saturated carbocycles. The summed E-state index contributed by atoms with van der Waals surface area (Å²) < 4.78 is 11.0. The lowest BCUT2D eigenvalue weighted by Gasteiger charge is -2.23. The zero-order chi connectivity index (χ0) is 16.0. The van der Waals surface area contributed by atoms with E-state index in [-0.39, 0.29) is 11.6 Å². The number of aliphatic imine (C=N–C) groups is 1. The van der Waals surface area contributed by atoms with E-state index < -0.39 is 0 Å². The second-order valence-corrected chi connectivity index (χ2v) is 6.17. The lowest BCUT2D eigenvalue weighted by atomic mass is 9.90. The van der Waals surface area contributed by atoms with Crippen LogP contribution in [0.3, 0.4) is 0 Å². The van der Waals surface area contributed by atoms with Gasteiger partial charge in [-0.15, -0.1) is 0 Å². The third-order valence-corrected chi connectivity index (χ3v) is 4.89. The van der Waals surface area contributed by atoms with Crippen molar-refractivity contribution < 1.29 is 9.47 Å². The molecule has 0 amide bonds. The fourth-order valence-corrected chi connectivity index (χ4v) is 3.71. The van der Waals surface area contributed by atoms with Crippen molar-refractivity contribution in [3.8, 4) is 17.0 Å². The molecule has 0 unspecified atom stereocenters. The van der Waals surface area contributed by atoms with E-state index in [2.05, 4.69) is 28.2 Å². The molecule has 0 fully saturated rings. The molecule has 2 heterocycles. The van der Waals surface area contributed by atoms with Crippen LogP contribution in [0.4, 0.5) is 0 Å². The molecule has 0 bridgehead atoms. The number of hydrogen-bond acceptors (Lipinski definition) is 5. The highest BCUT2D eigenvalue weighted by molar-refractivity contribution is 5.77. The Labute approximate surface area is 135 Å². The first kappa shape index (κ1) is 14.1. The molecule has 1 aromatic heterocycles. The summed E-state index contributed by atoms with van der Waals surface area (Å²) in [6.45, 7) is 2.04. The minimum Gasteiger partial charge on any atom is -0.481 e. The Balaban J connectivity index is 1.83. The Hall–Kier alpha value is -2.56. The third kappa shape index (κ3) is 2.07. The monoisotopic (exact) mass is 309 g/mol. The van der Waals surface area contributed by atoms with Gasteiger partial charge in [-0.05, 0) is 35.7 Å². The van der Waals surface area contributed by atoms with E-state index in [4.69, 9.17) is 15.2 Å². The average molecular weight is 309 g/mol. The number of ether oxygens (including phenoxy) is 2. The summed E-state index contributed by atoms with van der Waals surface area (Å²) in [4.78, 5) is 8.94. The Bertz CT molecular complexity index is 803. The van der Waals surface area contributed by atoms with Crippen molar-refractivity contribution in [3.05, 3.63) is 47.7 Å². The maximum atomic E-state index is 5.81. The Morgan fingerprint density at radius 2 is 2.04 bits per heavy atom. The minimum absolute atomic E-state index is 0.0152. The van der Waals surface area contributed by atoms with E-state index in [1.54, 1.807) is 13.3 Å². The second-order valence-electron chi connectivity index (χ2n) is 6.17. The van der Waals surface area contributed by atoms with Crippen LogP contribution in [-0.2, 0) is 17.6 Å². The first-order chi connectivity index (χ1) is 11.1. The zero-order valence-corrected chi connectivity index (χ0v) is 13.2. The second kappa shape index (κ2) is 4.98. The predicted octanol–water partition coefficient (Wildman–Crippen LogP) is 2.33. The van der Waals surface area contributed by atoms with Gasteiger partial charge in [0.2, 0.25) is 5.88 Å². The number of rotatable bonds is 2. The largest absolute Gasteiger partial charge is 0.481 e. The van der Waals surface area contributed by atoms with Gasteiger partial charge in [-0.25, -0.2) is 9.98 Å². The lowest BCUT2D eigenvalue weighted by Crippen LogP contribution is -2.36. The van der Waals surface area contributed by atoms with E-state index in [1.165, 1.54) is 11.1 Å². The highest BCUT2D eigenvalue weighted by Crippen LogP contribution is 2.44. The molecule has 4 rings (SSSR count). The van der Waals surface area contributed by atoms with Gasteiger partial charge in [0.25, 0.3) is 6.02 Å². The van der Waals surface area contributed by atoms with Crippen LogP contribution in [0.1, 0.15) is 18.1 Å². The molecule has 2 aliphatic rings. The quantitative estimate of drug-likeness (QED) is 0.924. The van der Waals surface area contributed by atoms with Gasteiger partial charge in [0.1, 0.15) is 11.6 Å². The molecular weight excluding hydrogens is 290 g/mol. The Kier molecular flexibility index (Phi) is 3.04. The van der Waals surface area contributed by atoms with Crippen LogP contribution in [0.5, 0.6) is 5.88 Å². The number of aromatic nitrogens is 1. The minimum atomic E-state index is -0.280. The first-order valence-corrected chi connectivity index (χ1v) is 7.75. The molecule has 1 spiro atoms. The number of nitrogens with two attached hydrogens (primary N) is 1.